The lowest BCUT2D eigenvalue weighted by Gasteiger charge is -2.52. The molecule has 22 heavy (non-hydrogen) atoms. The number of rotatable bonds is 2. The van der Waals surface area contributed by atoms with E-state index in [0.29, 0.717) is 23.5 Å². The third-order valence-electron chi connectivity index (χ3n) is 7.32. The zero-order valence-electron chi connectivity index (χ0n) is 13.8. The molecule has 7 atom stereocenters. The summed E-state index contributed by atoms with van der Waals surface area (Å²) in [6.07, 6.45) is 10.5. The Morgan fingerprint density at radius 1 is 1.14 bits per heavy atom. The van der Waals surface area contributed by atoms with E-state index in [0.717, 1.165) is 43.8 Å². The maximum atomic E-state index is 8.95. The van der Waals surface area contributed by atoms with Crippen molar-refractivity contribution in [1.29, 1.82) is 5.26 Å². The van der Waals surface area contributed by atoms with Gasteiger partial charge < -0.3 is 9.47 Å². The van der Waals surface area contributed by atoms with Crippen molar-refractivity contribution in [1.82, 2.24) is 0 Å². The van der Waals surface area contributed by atoms with Crippen LogP contribution in [0.2, 0.25) is 0 Å². The van der Waals surface area contributed by atoms with Crippen LogP contribution in [-0.4, -0.2) is 25.4 Å². The zero-order chi connectivity index (χ0) is 15.2. The highest BCUT2D eigenvalue weighted by molar-refractivity contribution is 5.08. The number of hydrogen-bond acceptors (Lipinski definition) is 3. The molecule has 3 heteroatoms. The van der Waals surface area contributed by atoms with E-state index in [1.165, 1.54) is 38.5 Å². The number of fused-ring (bicyclic) bond motifs is 5. The van der Waals surface area contributed by atoms with Gasteiger partial charge in [0.05, 0.1) is 31.5 Å². The van der Waals surface area contributed by atoms with Gasteiger partial charge in [0.1, 0.15) is 0 Å². The van der Waals surface area contributed by atoms with Gasteiger partial charge in [0.15, 0.2) is 0 Å². The molecule has 0 aromatic carbocycles. The summed E-state index contributed by atoms with van der Waals surface area (Å²) in [5.41, 5.74) is 0.429. The molecule has 0 aromatic rings. The molecular weight excluding hydrogens is 274 g/mol. The first-order valence-corrected chi connectivity index (χ1v) is 9.33. The first kappa shape index (κ1) is 15.0. The van der Waals surface area contributed by atoms with Crippen LogP contribution in [-0.2, 0) is 9.47 Å². The molecule has 0 spiro atoms. The normalized spacial score (nSPS) is 50.5. The largest absolute Gasteiger partial charge is 0.373 e. The molecule has 3 nitrogen and oxygen atoms in total. The molecule has 4 fully saturated rings. The van der Waals surface area contributed by atoms with Gasteiger partial charge in [-0.15, -0.1) is 0 Å². The van der Waals surface area contributed by atoms with Gasteiger partial charge in [-0.25, -0.2) is 0 Å². The van der Waals surface area contributed by atoms with E-state index in [4.69, 9.17) is 14.7 Å². The molecule has 4 aliphatic rings. The molecular formula is C19H29NO2. The highest BCUT2D eigenvalue weighted by Gasteiger charge is 2.59. The van der Waals surface area contributed by atoms with Gasteiger partial charge in [0.25, 0.3) is 0 Å². The van der Waals surface area contributed by atoms with Crippen molar-refractivity contribution >= 4 is 0 Å². The molecule has 0 N–H and O–H groups in total. The second kappa shape index (κ2) is 5.80. The second-order valence-corrected chi connectivity index (χ2v) is 8.38. The van der Waals surface area contributed by atoms with Crippen molar-refractivity contribution in [3.8, 4) is 6.07 Å². The molecule has 7 unspecified atom stereocenters. The van der Waals surface area contributed by atoms with E-state index >= 15 is 0 Å². The first-order chi connectivity index (χ1) is 10.7. The highest BCUT2D eigenvalue weighted by Crippen LogP contribution is 2.62. The van der Waals surface area contributed by atoms with E-state index < -0.39 is 0 Å². The minimum Gasteiger partial charge on any atom is -0.373 e. The van der Waals surface area contributed by atoms with Crippen molar-refractivity contribution in [2.75, 3.05) is 13.2 Å². The van der Waals surface area contributed by atoms with Gasteiger partial charge in [0.2, 0.25) is 0 Å². The Hall–Kier alpha value is -0.590. The number of ether oxygens (including phenoxy) is 2. The Bertz CT molecular complexity index is 459. The molecule has 3 aliphatic carbocycles. The van der Waals surface area contributed by atoms with E-state index in [2.05, 4.69) is 13.0 Å². The molecule has 122 valence electrons. The topological polar surface area (TPSA) is 42.2 Å². The van der Waals surface area contributed by atoms with Gasteiger partial charge in [-0.3, -0.25) is 0 Å². The maximum absolute atomic E-state index is 8.95. The number of nitrogens with zero attached hydrogens (tertiary/aromatic N) is 1. The lowest BCUT2D eigenvalue weighted by Crippen LogP contribution is -2.48. The van der Waals surface area contributed by atoms with Crippen molar-refractivity contribution in [3.05, 3.63) is 0 Å². The predicted molar refractivity (Wildman–Crippen MR) is 84.1 cm³/mol. The highest BCUT2D eigenvalue weighted by atomic mass is 16.6. The summed E-state index contributed by atoms with van der Waals surface area (Å²) in [5, 5.41) is 8.95. The Labute approximate surface area is 134 Å². The summed E-state index contributed by atoms with van der Waals surface area (Å²) in [6, 6.07) is 2.36. The van der Waals surface area contributed by atoms with Crippen LogP contribution in [0.3, 0.4) is 0 Å². The van der Waals surface area contributed by atoms with Crippen molar-refractivity contribution in [2.45, 2.75) is 70.5 Å². The Balaban J connectivity index is 1.57. The fraction of sp³-hybridized carbons (Fsp3) is 0.947. The fourth-order valence-corrected chi connectivity index (χ4v) is 6.51. The van der Waals surface area contributed by atoms with Gasteiger partial charge >= 0.3 is 0 Å². The molecule has 0 bridgehead atoms. The van der Waals surface area contributed by atoms with Crippen molar-refractivity contribution in [3.63, 3.8) is 0 Å². The van der Waals surface area contributed by atoms with Crippen molar-refractivity contribution in [2.24, 2.45) is 29.1 Å². The summed E-state index contributed by atoms with van der Waals surface area (Å²) in [6.45, 7) is 4.06. The minimum atomic E-state index is 0.348. The summed E-state index contributed by atoms with van der Waals surface area (Å²) < 4.78 is 12.3. The van der Waals surface area contributed by atoms with Gasteiger partial charge in [-0.1, -0.05) is 19.8 Å². The average Bonchev–Trinajstić information content (AvgIpc) is 2.85. The SMILES string of the molecule is CC12CCC3C(CCC#N)CCCC3C1C1OCCOC1C2. The maximum Gasteiger partial charge on any atom is 0.0874 e. The van der Waals surface area contributed by atoms with Gasteiger partial charge in [0, 0.05) is 6.42 Å². The van der Waals surface area contributed by atoms with Crippen LogP contribution in [0.4, 0.5) is 0 Å². The molecule has 0 radical (unpaired) electrons. The Morgan fingerprint density at radius 2 is 2.00 bits per heavy atom. The van der Waals surface area contributed by atoms with Crippen molar-refractivity contribution < 1.29 is 9.47 Å². The van der Waals surface area contributed by atoms with Gasteiger partial charge in [-0.2, -0.15) is 5.26 Å². The second-order valence-electron chi connectivity index (χ2n) is 8.38. The summed E-state index contributed by atoms with van der Waals surface area (Å²) in [5.74, 6) is 3.13. The predicted octanol–water partition coefficient (Wildman–Crippen LogP) is 3.93. The van der Waals surface area contributed by atoms with E-state index in [9.17, 15) is 0 Å². The lowest BCUT2D eigenvalue weighted by molar-refractivity contribution is -0.156. The van der Waals surface area contributed by atoms with Crippen LogP contribution in [0.25, 0.3) is 0 Å². The summed E-state index contributed by atoms with van der Waals surface area (Å²) in [4.78, 5) is 0. The summed E-state index contributed by atoms with van der Waals surface area (Å²) in [7, 11) is 0. The van der Waals surface area contributed by atoms with Crippen LogP contribution in [0.15, 0.2) is 0 Å². The standard InChI is InChI=1S/C19H29NO2/c1-19-8-7-14-13(5-3-9-20)4-2-6-15(14)17(19)18-16(12-19)21-10-11-22-18/h13-18H,2-8,10-12H2,1H3. The molecule has 4 rings (SSSR count). The Kier molecular flexibility index (Phi) is 3.95. The number of hydrogen-bond donors (Lipinski definition) is 0. The third-order valence-corrected chi connectivity index (χ3v) is 7.32. The monoisotopic (exact) mass is 303 g/mol. The molecule has 3 saturated carbocycles. The average molecular weight is 303 g/mol. The molecule has 1 saturated heterocycles. The van der Waals surface area contributed by atoms with Crippen LogP contribution < -0.4 is 0 Å². The van der Waals surface area contributed by atoms with Crippen LogP contribution >= 0.6 is 0 Å². The Morgan fingerprint density at radius 3 is 2.86 bits per heavy atom. The quantitative estimate of drug-likeness (QED) is 0.776. The van der Waals surface area contributed by atoms with E-state index in [1.54, 1.807) is 0 Å². The summed E-state index contributed by atoms with van der Waals surface area (Å²) >= 11 is 0. The van der Waals surface area contributed by atoms with Crippen LogP contribution in [0.5, 0.6) is 0 Å². The fourth-order valence-electron chi connectivity index (χ4n) is 6.51. The molecule has 1 heterocycles. The van der Waals surface area contributed by atoms with E-state index in [-0.39, 0.29) is 0 Å². The third kappa shape index (κ3) is 2.31. The first-order valence-electron chi connectivity index (χ1n) is 9.33. The van der Waals surface area contributed by atoms with E-state index in [1.807, 2.05) is 0 Å². The smallest absolute Gasteiger partial charge is 0.0874 e. The van der Waals surface area contributed by atoms with Crippen LogP contribution in [0.1, 0.15) is 58.3 Å². The van der Waals surface area contributed by atoms with Crippen LogP contribution in [0, 0.1) is 40.4 Å². The molecule has 1 aliphatic heterocycles. The molecule has 0 amide bonds. The zero-order valence-corrected chi connectivity index (χ0v) is 13.8. The molecule has 0 aromatic heterocycles. The minimum absolute atomic E-state index is 0.348. The lowest BCUT2D eigenvalue weighted by atomic mass is 9.53. The number of nitriles is 1. The van der Waals surface area contributed by atoms with Gasteiger partial charge in [-0.05, 0) is 61.2 Å².